The number of hydrogen-bond acceptors (Lipinski definition) is 6. The van der Waals surface area contributed by atoms with Crippen molar-refractivity contribution in [3.63, 3.8) is 0 Å². The minimum atomic E-state index is -0.218. The predicted octanol–water partition coefficient (Wildman–Crippen LogP) is 4.13. The number of nitrogens with one attached hydrogen (secondary N) is 2. The van der Waals surface area contributed by atoms with Crippen LogP contribution >= 0.6 is 0 Å². The second-order valence-corrected chi connectivity index (χ2v) is 8.10. The maximum absolute atomic E-state index is 12.8. The lowest BCUT2D eigenvalue weighted by molar-refractivity contribution is 0.102. The molecule has 0 saturated carbocycles. The van der Waals surface area contributed by atoms with Crippen molar-refractivity contribution in [3.05, 3.63) is 59.7 Å². The zero-order chi connectivity index (χ0) is 22.8. The molecule has 0 aliphatic heterocycles. The Bertz CT molecular complexity index is 1260. The van der Waals surface area contributed by atoms with Crippen LogP contribution < -0.4 is 10.6 Å². The average molecular weight is 433 g/mol. The van der Waals surface area contributed by atoms with Gasteiger partial charge in [-0.25, -0.2) is 14.6 Å². The summed E-state index contributed by atoms with van der Waals surface area (Å²) in [6.07, 6.45) is 3.39. The zero-order valence-corrected chi connectivity index (χ0v) is 19.0. The molecular formula is C23H28N8O. The highest BCUT2D eigenvalue weighted by Gasteiger charge is 2.16. The number of fused-ring (bicyclic) bond motifs is 1. The highest BCUT2D eigenvalue weighted by atomic mass is 16.2. The molecule has 3 heterocycles. The van der Waals surface area contributed by atoms with Crippen LogP contribution in [0.15, 0.2) is 42.7 Å². The molecular weight excluding hydrogens is 404 g/mol. The third-order valence-electron chi connectivity index (χ3n) is 5.38. The topological polar surface area (TPSA) is 103 Å². The molecule has 4 aromatic rings. The van der Waals surface area contributed by atoms with Crippen molar-refractivity contribution in [1.82, 2.24) is 29.5 Å². The van der Waals surface area contributed by atoms with E-state index in [-0.39, 0.29) is 11.9 Å². The van der Waals surface area contributed by atoms with E-state index in [1.807, 2.05) is 55.9 Å². The average Bonchev–Trinajstić information content (AvgIpc) is 3.38. The van der Waals surface area contributed by atoms with Gasteiger partial charge in [-0.15, -0.1) is 0 Å². The first-order valence-electron chi connectivity index (χ1n) is 10.8. The molecule has 32 heavy (non-hydrogen) atoms. The molecule has 0 spiro atoms. The number of aryl methyl sites for hydroxylation is 2. The molecule has 0 radical (unpaired) electrons. The van der Waals surface area contributed by atoms with Crippen molar-refractivity contribution < 1.29 is 4.79 Å². The summed E-state index contributed by atoms with van der Waals surface area (Å²) in [6, 6.07) is 9.57. The van der Waals surface area contributed by atoms with Crippen LogP contribution in [0.5, 0.6) is 0 Å². The van der Waals surface area contributed by atoms with Crippen molar-refractivity contribution in [2.75, 3.05) is 10.6 Å². The number of carbonyl (C=O) groups is 1. The number of nitrogens with zero attached hydrogens (tertiary/aromatic N) is 6. The molecule has 1 atom stereocenters. The fraction of sp³-hybridized carbons (Fsp3) is 0.348. The number of carbonyl (C=O) groups excluding carboxylic acids is 1. The van der Waals surface area contributed by atoms with E-state index in [1.54, 1.807) is 17.1 Å². The third-order valence-corrected chi connectivity index (χ3v) is 5.38. The lowest BCUT2D eigenvalue weighted by Gasteiger charge is -2.16. The Labute approximate surface area is 186 Å². The number of hydrogen-bond donors (Lipinski definition) is 2. The van der Waals surface area contributed by atoms with Gasteiger partial charge < -0.3 is 10.6 Å². The monoisotopic (exact) mass is 432 g/mol. The number of aromatic nitrogens is 6. The summed E-state index contributed by atoms with van der Waals surface area (Å²) in [6.45, 7) is 8.98. The molecule has 0 bridgehead atoms. The summed E-state index contributed by atoms with van der Waals surface area (Å²) in [7, 11) is 1.84. The Balaban J connectivity index is 1.49. The van der Waals surface area contributed by atoms with Crippen LogP contribution in [0.4, 0.5) is 11.5 Å². The molecule has 3 aromatic heterocycles. The normalized spacial score (nSPS) is 12.3. The van der Waals surface area contributed by atoms with E-state index in [0.717, 1.165) is 29.0 Å². The van der Waals surface area contributed by atoms with Crippen molar-refractivity contribution in [2.45, 2.75) is 46.2 Å². The zero-order valence-electron chi connectivity index (χ0n) is 19.0. The van der Waals surface area contributed by atoms with Gasteiger partial charge in [0.15, 0.2) is 11.3 Å². The molecule has 4 rings (SSSR count). The molecule has 0 unspecified atom stereocenters. The van der Waals surface area contributed by atoms with Crippen molar-refractivity contribution in [2.24, 2.45) is 7.05 Å². The predicted molar refractivity (Wildman–Crippen MR) is 125 cm³/mol. The summed E-state index contributed by atoms with van der Waals surface area (Å²) < 4.78 is 3.57. The quantitative estimate of drug-likeness (QED) is 0.455. The molecule has 1 amide bonds. The van der Waals surface area contributed by atoms with Crippen molar-refractivity contribution in [1.29, 1.82) is 0 Å². The van der Waals surface area contributed by atoms with E-state index < -0.39 is 0 Å². The number of rotatable bonds is 7. The summed E-state index contributed by atoms with van der Waals surface area (Å²) in [5.41, 5.74) is 4.67. The standard InChI is InChI=1S/C23H28N8O/c1-6-31-20(14(2)3)11-18(29-31)23(32)27-17-9-7-8-16(10-17)15(4)26-21-13-24-19-12-25-30(5)22(19)28-21/h7-15H,6H2,1-5H3,(H,26,28)(H,27,32)/t15-/m0/s1. The summed E-state index contributed by atoms with van der Waals surface area (Å²) in [5, 5.41) is 15.0. The van der Waals surface area contributed by atoms with E-state index in [2.05, 4.69) is 44.6 Å². The van der Waals surface area contributed by atoms with E-state index in [4.69, 9.17) is 0 Å². The Morgan fingerprint density at radius 2 is 1.97 bits per heavy atom. The second-order valence-electron chi connectivity index (χ2n) is 8.10. The Morgan fingerprint density at radius 3 is 2.69 bits per heavy atom. The summed E-state index contributed by atoms with van der Waals surface area (Å²) in [4.78, 5) is 21.8. The second kappa shape index (κ2) is 8.78. The first-order valence-corrected chi connectivity index (χ1v) is 10.8. The Hall–Kier alpha value is -3.75. The number of benzene rings is 1. The highest BCUT2D eigenvalue weighted by Crippen LogP contribution is 2.23. The van der Waals surface area contributed by atoms with Gasteiger partial charge in [-0.1, -0.05) is 26.0 Å². The maximum atomic E-state index is 12.8. The van der Waals surface area contributed by atoms with E-state index >= 15 is 0 Å². The number of anilines is 2. The van der Waals surface area contributed by atoms with Gasteiger partial charge in [0.05, 0.1) is 18.4 Å². The Kier molecular flexibility index (Phi) is 5.89. The van der Waals surface area contributed by atoms with Gasteiger partial charge in [-0.05, 0) is 43.5 Å². The molecule has 0 aliphatic rings. The van der Waals surface area contributed by atoms with Gasteiger partial charge in [0.2, 0.25) is 0 Å². The largest absolute Gasteiger partial charge is 0.362 e. The highest BCUT2D eigenvalue weighted by molar-refractivity contribution is 6.03. The lowest BCUT2D eigenvalue weighted by Crippen LogP contribution is -2.14. The fourth-order valence-electron chi connectivity index (χ4n) is 3.63. The number of amides is 1. The minimum absolute atomic E-state index is 0.0429. The maximum Gasteiger partial charge on any atom is 0.276 e. The minimum Gasteiger partial charge on any atom is -0.362 e. The van der Waals surface area contributed by atoms with Crippen LogP contribution in [-0.2, 0) is 13.6 Å². The lowest BCUT2D eigenvalue weighted by atomic mass is 10.1. The van der Waals surface area contributed by atoms with Crippen LogP contribution in [0.1, 0.15) is 61.4 Å². The van der Waals surface area contributed by atoms with Crippen LogP contribution in [0.3, 0.4) is 0 Å². The van der Waals surface area contributed by atoms with Crippen LogP contribution in [0.2, 0.25) is 0 Å². The van der Waals surface area contributed by atoms with Gasteiger partial charge in [0, 0.05) is 25.0 Å². The van der Waals surface area contributed by atoms with E-state index in [9.17, 15) is 4.79 Å². The van der Waals surface area contributed by atoms with Crippen molar-refractivity contribution >= 4 is 28.6 Å². The molecule has 0 fully saturated rings. The van der Waals surface area contributed by atoms with Crippen LogP contribution in [0.25, 0.3) is 11.2 Å². The SMILES string of the molecule is CCn1nc(C(=O)Nc2cccc([C@H](C)Nc3cnc4cnn(C)c4n3)c2)cc1C(C)C. The first kappa shape index (κ1) is 21.5. The molecule has 0 saturated heterocycles. The van der Waals surface area contributed by atoms with E-state index in [1.165, 1.54) is 0 Å². The third kappa shape index (κ3) is 4.32. The molecule has 166 valence electrons. The molecule has 1 aromatic carbocycles. The van der Waals surface area contributed by atoms with Crippen molar-refractivity contribution in [3.8, 4) is 0 Å². The smallest absolute Gasteiger partial charge is 0.276 e. The van der Waals surface area contributed by atoms with Gasteiger partial charge in [-0.3, -0.25) is 9.48 Å². The molecule has 9 heteroatoms. The fourth-order valence-corrected chi connectivity index (χ4v) is 3.63. The summed E-state index contributed by atoms with van der Waals surface area (Å²) >= 11 is 0. The van der Waals surface area contributed by atoms with Gasteiger partial charge in [-0.2, -0.15) is 10.2 Å². The van der Waals surface area contributed by atoms with Crippen LogP contribution in [-0.4, -0.2) is 35.4 Å². The molecule has 9 nitrogen and oxygen atoms in total. The van der Waals surface area contributed by atoms with Gasteiger partial charge in [0.25, 0.3) is 5.91 Å². The van der Waals surface area contributed by atoms with E-state index in [0.29, 0.717) is 23.1 Å². The van der Waals surface area contributed by atoms with Gasteiger partial charge in [0.1, 0.15) is 11.3 Å². The van der Waals surface area contributed by atoms with Crippen LogP contribution in [0, 0.1) is 0 Å². The summed E-state index contributed by atoms with van der Waals surface area (Å²) in [5.74, 6) is 0.742. The first-order chi connectivity index (χ1) is 15.4. The Morgan fingerprint density at radius 1 is 1.16 bits per heavy atom. The molecule has 0 aliphatic carbocycles. The van der Waals surface area contributed by atoms with Gasteiger partial charge >= 0.3 is 0 Å². The molecule has 2 N–H and O–H groups in total.